The molecule has 1 aliphatic heterocycles. The van der Waals surface area contributed by atoms with Crippen molar-refractivity contribution in [3.8, 4) is 0 Å². The number of benzene rings is 1. The number of hydrogen-bond donors (Lipinski definition) is 1. The molecular formula is C16H22Cl2N2. The second-order valence-corrected chi connectivity index (χ2v) is 5.28. The van der Waals surface area contributed by atoms with Crippen molar-refractivity contribution in [1.29, 1.82) is 0 Å². The smallest absolute Gasteiger partial charge is 0.0702 e. The Balaban J connectivity index is 0.000001000. The zero-order valence-electron chi connectivity index (χ0n) is 11.5. The van der Waals surface area contributed by atoms with Crippen molar-refractivity contribution in [1.82, 2.24) is 10.3 Å². The molecule has 1 aromatic carbocycles. The van der Waals surface area contributed by atoms with Gasteiger partial charge in [-0.2, -0.15) is 0 Å². The Bertz CT molecular complexity index is 523. The van der Waals surface area contributed by atoms with E-state index in [-0.39, 0.29) is 24.8 Å². The number of hydrogen-bond acceptors (Lipinski definition) is 2. The summed E-state index contributed by atoms with van der Waals surface area (Å²) in [5.74, 6) is 0.842. The summed E-state index contributed by atoms with van der Waals surface area (Å²) in [4.78, 5) is 4.37. The molecule has 0 radical (unpaired) electrons. The summed E-state index contributed by atoms with van der Waals surface area (Å²) in [6.07, 6.45) is 7.06. The predicted octanol–water partition coefficient (Wildman–Crippen LogP) is 4.01. The number of aromatic nitrogens is 1. The summed E-state index contributed by atoms with van der Waals surface area (Å²) in [6.45, 7) is 2.37. The number of halogens is 2. The summed E-state index contributed by atoms with van der Waals surface area (Å²) in [7, 11) is 0. The molecule has 1 N–H and O–H groups in total. The van der Waals surface area contributed by atoms with Crippen molar-refractivity contribution >= 4 is 35.7 Å². The van der Waals surface area contributed by atoms with E-state index in [9.17, 15) is 0 Å². The van der Waals surface area contributed by atoms with Crippen LogP contribution < -0.4 is 5.32 Å². The summed E-state index contributed by atoms with van der Waals surface area (Å²) in [5, 5.41) is 4.75. The SMILES string of the molecule is Cl.Cl.c1cnc2ccc(CC3CCCNCC3)cc2c1. The van der Waals surface area contributed by atoms with Crippen LogP contribution in [0.25, 0.3) is 10.9 Å². The predicted molar refractivity (Wildman–Crippen MR) is 90.2 cm³/mol. The van der Waals surface area contributed by atoms with E-state index < -0.39 is 0 Å². The number of pyridine rings is 1. The third kappa shape index (κ3) is 4.34. The van der Waals surface area contributed by atoms with Gasteiger partial charge in [0, 0.05) is 11.6 Å². The van der Waals surface area contributed by atoms with Crippen LogP contribution in [0.2, 0.25) is 0 Å². The zero-order chi connectivity index (χ0) is 12.2. The van der Waals surface area contributed by atoms with Gasteiger partial charge < -0.3 is 5.32 Å². The Hall–Kier alpha value is -0.830. The number of rotatable bonds is 2. The Morgan fingerprint density at radius 1 is 1.10 bits per heavy atom. The van der Waals surface area contributed by atoms with Gasteiger partial charge in [0.1, 0.15) is 0 Å². The highest BCUT2D eigenvalue weighted by atomic mass is 35.5. The quantitative estimate of drug-likeness (QED) is 0.906. The molecule has 4 heteroatoms. The largest absolute Gasteiger partial charge is 0.317 e. The van der Waals surface area contributed by atoms with E-state index in [2.05, 4.69) is 34.6 Å². The van der Waals surface area contributed by atoms with E-state index in [4.69, 9.17) is 0 Å². The second-order valence-electron chi connectivity index (χ2n) is 5.28. The molecule has 1 atom stereocenters. The summed E-state index contributed by atoms with van der Waals surface area (Å²) >= 11 is 0. The van der Waals surface area contributed by atoms with Crippen LogP contribution in [0.5, 0.6) is 0 Å². The molecule has 2 nitrogen and oxygen atoms in total. The first-order chi connectivity index (χ1) is 8.92. The molecule has 3 rings (SSSR count). The molecule has 0 spiro atoms. The highest BCUT2D eigenvalue weighted by Gasteiger charge is 2.12. The van der Waals surface area contributed by atoms with Gasteiger partial charge in [-0.25, -0.2) is 0 Å². The fourth-order valence-corrected chi connectivity index (χ4v) is 2.88. The van der Waals surface area contributed by atoms with E-state index in [1.807, 2.05) is 12.3 Å². The molecule has 20 heavy (non-hydrogen) atoms. The van der Waals surface area contributed by atoms with Gasteiger partial charge in [-0.05, 0) is 68.5 Å². The second kappa shape index (κ2) is 8.46. The average molecular weight is 313 g/mol. The van der Waals surface area contributed by atoms with Crippen LogP contribution >= 0.6 is 24.8 Å². The highest BCUT2D eigenvalue weighted by Crippen LogP contribution is 2.21. The third-order valence-corrected chi connectivity index (χ3v) is 3.89. The summed E-state index contributed by atoms with van der Waals surface area (Å²) in [6, 6.07) is 10.9. The third-order valence-electron chi connectivity index (χ3n) is 3.89. The van der Waals surface area contributed by atoms with E-state index in [1.165, 1.54) is 49.7 Å². The van der Waals surface area contributed by atoms with Crippen LogP contribution in [0, 0.1) is 5.92 Å². The van der Waals surface area contributed by atoms with Gasteiger partial charge in [0.15, 0.2) is 0 Å². The lowest BCUT2D eigenvalue weighted by atomic mass is 9.92. The summed E-state index contributed by atoms with van der Waals surface area (Å²) < 4.78 is 0. The van der Waals surface area contributed by atoms with Crippen LogP contribution in [-0.2, 0) is 6.42 Å². The van der Waals surface area contributed by atoms with Gasteiger partial charge >= 0.3 is 0 Å². The van der Waals surface area contributed by atoms with Crippen LogP contribution in [0.4, 0.5) is 0 Å². The van der Waals surface area contributed by atoms with Crippen LogP contribution in [0.1, 0.15) is 24.8 Å². The average Bonchev–Trinajstić information content (AvgIpc) is 2.67. The molecule has 0 bridgehead atoms. The van der Waals surface area contributed by atoms with Crippen LogP contribution in [0.15, 0.2) is 36.5 Å². The van der Waals surface area contributed by atoms with Gasteiger partial charge in [-0.1, -0.05) is 12.1 Å². The van der Waals surface area contributed by atoms with Crippen LogP contribution in [0.3, 0.4) is 0 Å². The van der Waals surface area contributed by atoms with E-state index in [0.717, 1.165) is 11.4 Å². The first-order valence-corrected chi connectivity index (χ1v) is 6.96. The maximum atomic E-state index is 4.37. The van der Waals surface area contributed by atoms with E-state index in [0.29, 0.717) is 0 Å². The van der Waals surface area contributed by atoms with Gasteiger partial charge in [0.05, 0.1) is 5.52 Å². The van der Waals surface area contributed by atoms with Crippen molar-refractivity contribution in [3.05, 3.63) is 42.1 Å². The molecule has 0 aliphatic carbocycles. The lowest BCUT2D eigenvalue weighted by Gasteiger charge is -2.13. The molecule has 0 saturated carbocycles. The molecule has 2 aromatic rings. The lowest BCUT2D eigenvalue weighted by Crippen LogP contribution is -2.14. The molecule has 1 aromatic heterocycles. The minimum Gasteiger partial charge on any atom is -0.317 e. The first kappa shape index (κ1) is 17.2. The topological polar surface area (TPSA) is 24.9 Å². The molecule has 1 fully saturated rings. The molecule has 1 aliphatic rings. The Morgan fingerprint density at radius 3 is 2.90 bits per heavy atom. The van der Waals surface area contributed by atoms with Crippen molar-refractivity contribution in [2.45, 2.75) is 25.7 Å². The van der Waals surface area contributed by atoms with Crippen LogP contribution in [-0.4, -0.2) is 18.1 Å². The number of nitrogens with one attached hydrogen (secondary N) is 1. The Morgan fingerprint density at radius 2 is 2.00 bits per heavy atom. The van der Waals surface area contributed by atoms with Crippen molar-refractivity contribution in [2.75, 3.05) is 13.1 Å². The number of nitrogens with zero attached hydrogens (tertiary/aromatic N) is 1. The van der Waals surface area contributed by atoms with Crippen molar-refractivity contribution in [2.24, 2.45) is 5.92 Å². The fourth-order valence-electron chi connectivity index (χ4n) is 2.88. The minimum absolute atomic E-state index is 0. The van der Waals surface area contributed by atoms with Crippen molar-refractivity contribution < 1.29 is 0 Å². The molecule has 110 valence electrons. The zero-order valence-corrected chi connectivity index (χ0v) is 13.2. The first-order valence-electron chi connectivity index (χ1n) is 6.96. The highest BCUT2D eigenvalue weighted by molar-refractivity contribution is 5.85. The van der Waals surface area contributed by atoms with Crippen molar-refractivity contribution in [3.63, 3.8) is 0 Å². The fraction of sp³-hybridized carbons (Fsp3) is 0.438. The maximum absolute atomic E-state index is 4.37. The number of fused-ring (bicyclic) bond motifs is 1. The standard InChI is InChI=1S/C16H20N2.2ClH/c1-3-13(7-10-17-8-1)11-14-5-6-16-15(12-14)4-2-9-18-16;;/h2,4-6,9,12-13,17H,1,3,7-8,10-11H2;2*1H. The molecule has 2 heterocycles. The molecule has 1 saturated heterocycles. The molecule has 0 amide bonds. The maximum Gasteiger partial charge on any atom is 0.0702 e. The van der Waals surface area contributed by atoms with Gasteiger partial charge in [-0.3, -0.25) is 4.98 Å². The monoisotopic (exact) mass is 312 g/mol. The normalized spacial score (nSPS) is 18.7. The molecular weight excluding hydrogens is 291 g/mol. The summed E-state index contributed by atoms with van der Waals surface area (Å²) in [5.41, 5.74) is 2.56. The molecule has 1 unspecified atom stereocenters. The van der Waals surface area contributed by atoms with E-state index >= 15 is 0 Å². The van der Waals surface area contributed by atoms with Gasteiger partial charge in [-0.15, -0.1) is 24.8 Å². The Kier molecular flexibility index (Phi) is 7.28. The van der Waals surface area contributed by atoms with Gasteiger partial charge in [0.2, 0.25) is 0 Å². The van der Waals surface area contributed by atoms with E-state index in [1.54, 1.807) is 0 Å². The van der Waals surface area contributed by atoms with Gasteiger partial charge in [0.25, 0.3) is 0 Å². The minimum atomic E-state index is 0. The lowest BCUT2D eigenvalue weighted by molar-refractivity contribution is 0.470. The Labute approximate surface area is 133 Å².